The molecule has 0 atom stereocenters. The van der Waals surface area contributed by atoms with Crippen LogP contribution in [0, 0.1) is 0 Å². The standard InChI is InChI=1S/2C4H9.C2H4O3.Sn.H/c2*1-3-4-2;3-1-2(4)5;;/h2*1,3-4H2,2H3;3H,1H2,(H,4,5);;/q;;;+1;/p-1. The Labute approximate surface area is 94.1 Å². The Balaban J connectivity index is 3.77. The molecule has 0 rings (SSSR count). The molecule has 0 aliphatic carbocycles. The molecule has 4 heteroatoms. The van der Waals surface area contributed by atoms with Crippen LogP contribution in [0.15, 0.2) is 0 Å². The zero-order chi connectivity index (χ0) is 10.8. The van der Waals surface area contributed by atoms with Crippen LogP contribution in [0.4, 0.5) is 0 Å². The Hall–Kier alpha value is 0.229. The van der Waals surface area contributed by atoms with E-state index in [1.807, 2.05) is 0 Å². The van der Waals surface area contributed by atoms with Gasteiger partial charge in [-0.2, -0.15) is 0 Å². The van der Waals surface area contributed by atoms with Gasteiger partial charge in [0, 0.05) is 0 Å². The summed E-state index contributed by atoms with van der Waals surface area (Å²) in [5.74, 6) is -0.405. The van der Waals surface area contributed by atoms with E-state index in [1.165, 1.54) is 12.8 Å². The van der Waals surface area contributed by atoms with E-state index < -0.39 is 32.7 Å². The molecule has 0 spiro atoms. The van der Waals surface area contributed by atoms with E-state index in [4.69, 9.17) is 8.18 Å². The number of aliphatic hydroxyl groups is 1. The molecule has 0 aromatic heterocycles. The van der Waals surface area contributed by atoms with Gasteiger partial charge in [0.2, 0.25) is 0 Å². The van der Waals surface area contributed by atoms with Gasteiger partial charge in [-0.25, -0.2) is 0 Å². The van der Waals surface area contributed by atoms with Crippen LogP contribution in [0.3, 0.4) is 0 Å². The molecule has 0 aliphatic heterocycles. The van der Waals surface area contributed by atoms with Gasteiger partial charge in [-0.05, 0) is 0 Å². The van der Waals surface area contributed by atoms with Crippen LogP contribution in [0.2, 0.25) is 8.87 Å². The van der Waals surface area contributed by atoms with Crippen LogP contribution >= 0.6 is 0 Å². The third-order valence-corrected chi connectivity index (χ3v) is 9.89. The first-order valence-corrected chi connectivity index (χ1v) is 11.6. The Morgan fingerprint density at radius 2 is 1.71 bits per heavy atom. The molecule has 0 saturated heterocycles. The molecule has 1 N–H and O–H groups in total. The van der Waals surface area contributed by atoms with Gasteiger partial charge in [0.15, 0.2) is 0 Å². The first-order valence-electron chi connectivity index (χ1n) is 5.54. The van der Waals surface area contributed by atoms with Crippen LogP contribution < -0.4 is 0 Å². The van der Waals surface area contributed by atoms with Gasteiger partial charge >= 0.3 is 94.1 Å². The van der Waals surface area contributed by atoms with Crippen molar-refractivity contribution in [2.75, 3.05) is 6.61 Å². The van der Waals surface area contributed by atoms with Crippen LogP contribution in [-0.4, -0.2) is 37.9 Å². The number of carbonyl (C=O) groups excluding carboxylic acids is 1. The summed E-state index contributed by atoms with van der Waals surface area (Å²) in [6, 6.07) is 0. The maximum absolute atomic E-state index is 10.9. The average Bonchev–Trinajstić information content (AvgIpc) is 2.21. The second-order valence-corrected chi connectivity index (χ2v) is 11.1. The van der Waals surface area contributed by atoms with E-state index in [9.17, 15) is 4.79 Å². The summed E-state index contributed by atoms with van der Waals surface area (Å²) in [5, 5.41) is 8.59. The van der Waals surface area contributed by atoms with Gasteiger partial charge in [-0.15, -0.1) is 0 Å². The summed E-state index contributed by atoms with van der Waals surface area (Å²) in [4.78, 5) is 10.9. The van der Waals surface area contributed by atoms with Crippen LogP contribution in [0.1, 0.15) is 39.5 Å². The Morgan fingerprint density at radius 1 is 1.21 bits per heavy atom. The zero-order valence-corrected chi connectivity index (χ0v) is 12.6. The molecule has 84 valence electrons. The fraction of sp³-hybridized carbons (Fsp3) is 0.900. The fourth-order valence-corrected chi connectivity index (χ4v) is 9.05. The van der Waals surface area contributed by atoms with Gasteiger partial charge in [0.05, 0.1) is 0 Å². The summed E-state index contributed by atoms with van der Waals surface area (Å²) < 4.78 is 7.58. The van der Waals surface area contributed by atoms with E-state index in [2.05, 4.69) is 13.8 Å². The van der Waals surface area contributed by atoms with Crippen molar-refractivity contribution in [2.45, 2.75) is 48.4 Å². The summed E-state index contributed by atoms with van der Waals surface area (Å²) in [6.45, 7) is 3.85. The normalized spacial score (nSPS) is 10.6. The Bertz CT molecular complexity index is 142. The van der Waals surface area contributed by atoms with Gasteiger partial charge in [0.25, 0.3) is 0 Å². The number of unbranched alkanes of at least 4 members (excludes halogenated alkanes) is 2. The van der Waals surface area contributed by atoms with Crippen molar-refractivity contribution in [1.82, 2.24) is 0 Å². The molecule has 0 amide bonds. The molecule has 3 nitrogen and oxygen atoms in total. The maximum atomic E-state index is 10.9. The number of rotatable bonds is 8. The number of carbonyl (C=O) groups is 1. The van der Waals surface area contributed by atoms with Crippen molar-refractivity contribution >= 4 is 26.1 Å². The van der Waals surface area contributed by atoms with Gasteiger partial charge in [0.1, 0.15) is 0 Å². The summed E-state index contributed by atoms with van der Waals surface area (Å²) in [6.07, 6.45) is 4.67. The molecule has 14 heavy (non-hydrogen) atoms. The molecule has 0 radical (unpaired) electrons. The predicted molar refractivity (Wildman–Crippen MR) is 59.8 cm³/mol. The number of hydrogen-bond donors (Lipinski definition) is 1. The second-order valence-electron chi connectivity index (χ2n) is 3.55. The minimum absolute atomic E-state index is 0.405. The zero-order valence-electron chi connectivity index (χ0n) is 9.29. The third-order valence-electron chi connectivity index (χ3n) is 2.19. The van der Waals surface area contributed by atoms with Crippen molar-refractivity contribution < 1.29 is 13.0 Å². The number of aliphatic hydroxyl groups excluding tert-OH is 1. The Morgan fingerprint density at radius 3 is 2.07 bits per heavy atom. The van der Waals surface area contributed by atoms with E-state index in [0.717, 1.165) is 21.7 Å². The van der Waals surface area contributed by atoms with Gasteiger partial charge in [-0.3, -0.25) is 0 Å². The monoisotopic (exact) mass is 310 g/mol. The molecular weight excluding hydrogens is 287 g/mol. The molecule has 0 unspecified atom stereocenters. The minimum atomic E-state index is -2.05. The summed E-state index contributed by atoms with van der Waals surface area (Å²) in [7, 11) is 0. The molecule has 0 aromatic rings. The van der Waals surface area contributed by atoms with Crippen LogP contribution in [-0.2, 0) is 7.87 Å². The van der Waals surface area contributed by atoms with Gasteiger partial charge in [-0.1, -0.05) is 0 Å². The molecule has 0 aliphatic rings. The molecule has 0 fully saturated rings. The van der Waals surface area contributed by atoms with E-state index in [0.29, 0.717) is 0 Å². The topological polar surface area (TPSA) is 46.5 Å². The first-order chi connectivity index (χ1) is 6.74. The second kappa shape index (κ2) is 9.77. The van der Waals surface area contributed by atoms with Crippen molar-refractivity contribution in [1.29, 1.82) is 0 Å². The molecule has 0 saturated carbocycles. The quantitative estimate of drug-likeness (QED) is 0.696. The van der Waals surface area contributed by atoms with Crippen molar-refractivity contribution in [3.8, 4) is 0 Å². The molecular formula is C10H22O3Sn. The number of hydrogen-bond acceptors (Lipinski definition) is 3. The third kappa shape index (κ3) is 7.62. The van der Waals surface area contributed by atoms with E-state index >= 15 is 0 Å². The molecule has 0 aromatic carbocycles. The fourth-order valence-electron chi connectivity index (χ4n) is 1.35. The summed E-state index contributed by atoms with van der Waals surface area (Å²) >= 11 is -2.05. The van der Waals surface area contributed by atoms with Crippen LogP contribution in [0.25, 0.3) is 0 Å². The van der Waals surface area contributed by atoms with Crippen LogP contribution in [0.5, 0.6) is 0 Å². The van der Waals surface area contributed by atoms with E-state index in [1.54, 1.807) is 0 Å². The molecule has 0 heterocycles. The van der Waals surface area contributed by atoms with Crippen molar-refractivity contribution in [3.63, 3.8) is 0 Å². The first kappa shape index (κ1) is 14.2. The summed E-state index contributed by atoms with van der Waals surface area (Å²) in [5.41, 5.74) is 0. The van der Waals surface area contributed by atoms with Crippen molar-refractivity contribution in [2.24, 2.45) is 0 Å². The predicted octanol–water partition coefficient (Wildman–Crippen LogP) is 1.85. The SMILES string of the molecule is CCC[CH2][SnH]([CH2]CCC)[O]C(=O)CO. The van der Waals surface area contributed by atoms with E-state index in [-0.39, 0.29) is 0 Å². The average molecular weight is 309 g/mol. The van der Waals surface area contributed by atoms with Crippen molar-refractivity contribution in [3.05, 3.63) is 0 Å². The Kier molecular flexibility index (Phi) is 9.93. The molecule has 0 bridgehead atoms. The van der Waals surface area contributed by atoms with Gasteiger partial charge < -0.3 is 0 Å².